The molecule has 1 atom stereocenters. The summed E-state index contributed by atoms with van der Waals surface area (Å²) in [5, 5.41) is 12.7. The highest BCUT2D eigenvalue weighted by Gasteiger charge is 2.24. The van der Waals surface area contributed by atoms with Crippen LogP contribution in [0.1, 0.15) is 22.2 Å². The molecule has 0 saturated heterocycles. The van der Waals surface area contributed by atoms with Crippen LogP contribution in [0.5, 0.6) is 0 Å². The summed E-state index contributed by atoms with van der Waals surface area (Å²) < 4.78 is 29.9. The number of para-hydroxylation sites is 1. The zero-order valence-electron chi connectivity index (χ0n) is 16.3. The molecule has 0 radical (unpaired) electrons. The standard InChI is InChI=1S/C22H20N4O3S2/c23-21(25-27)16-8-6-7-15(13-16)14-19(22-24-18-11-4-5-12-20(18)30-22)26-31(28,29)17-9-2-1-3-10-17/h1-13,19,26-27H,14H2,(H2,23,25)/t19-/m0/s1. The second-order valence-corrected chi connectivity index (χ2v) is 9.67. The summed E-state index contributed by atoms with van der Waals surface area (Å²) in [6, 6.07) is 22.5. The molecule has 158 valence electrons. The Hall–Kier alpha value is -3.27. The number of rotatable bonds is 7. The van der Waals surface area contributed by atoms with Crippen molar-refractivity contribution >= 4 is 37.4 Å². The first-order valence-corrected chi connectivity index (χ1v) is 11.8. The van der Waals surface area contributed by atoms with E-state index in [1.165, 1.54) is 11.3 Å². The number of amidine groups is 1. The van der Waals surface area contributed by atoms with Crippen LogP contribution >= 0.6 is 11.3 Å². The Bertz CT molecular complexity index is 1300. The van der Waals surface area contributed by atoms with Gasteiger partial charge in [-0.3, -0.25) is 0 Å². The minimum Gasteiger partial charge on any atom is -0.409 e. The molecule has 4 rings (SSSR count). The molecule has 1 heterocycles. The predicted octanol–water partition coefficient (Wildman–Crippen LogP) is 3.65. The third-order valence-corrected chi connectivity index (χ3v) is 7.37. The largest absolute Gasteiger partial charge is 0.409 e. The van der Waals surface area contributed by atoms with Crippen molar-refractivity contribution in [2.75, 3.05) is 0 Å². The molecule has 0 aliphatic carbocycles. The Balaban J connectivity index is 1.72. The average molecular weight is 453 g/mol. The van der Waals surface area contributed by atoms with E-state index < -0.39 is 16.1 Å². The van der Waals surface area contributed by atoms with Crippen molar-refractivity contribution in [2.24, 2.45) is 10.9 Å². The second kappa shape index (κ2) is 8.84. The number of aromatic nitrogens is 1. The molecule has 1 aromatic heterocycles. The van der Waals surface area contributed by atoms with Crippen LogP contribution in [0.4, 0.5) is 0 Å². The summed E-state index contributed by atoms with van der Waals surface area (Å²) in [6.07, 6.45) is 0.346. The lowest BCUT2D eigenvalue weighted by Gasteiger charge is -2.17. The van der Waals surface area contributed by atoms with E-state index in [9.17, 15) is 8.42 Å². The van der Waals surface area contributed by atoms with Crippen LogP contribution in [0, 0.1) is 0 Å². The van der Waals surface area contributed by atoms with E-state index in [1.54, 1.807) is 48.5 Å². The molecule has 0 amide bonds. The molecule has 7 nitrogen and oxygen atoms in total. The van der Waals surface area contributed by atoms with Gasteiger partial charge in [-0.2, -0.15) is 0 Å². The lowest BCUT2D eigenvalue weighted by Crippen LogP contribution is -2.30. The molecule has 0 unspecified atom stereocenters. The molecule has 4 aromatic rings. The zero-order valence-corrected chi connectivity index (χ0v) is 18.0. The minimum atomic E-state index is -3.77. The van der Waals surface area contributed by atoms with Crippen LogP contribution in [0.3, 0.4) is 0 Å². The van der Waals surface area contributed by atoms with Crippen molar-refractivity contribution < 1.29 is 13.6 Å². The normalized spacial score (nSPS) is 13.4. The SMILES string of the molecule is N/C(=N/O)c1cccc(C[C@H](NS(=O)(=O)c2ccccc2)c2nc3ccccc3s2)c1. The summed E-state index contributed by atoms with van der Waals surface area (Å²) in [4.78, 5) is 4.85. The first kappa shape index (κ1) is 21.0. The molecule has 0 bridgehead atoms. The van der Waals surface area contributed by atoms with Crippen LogP contribution in [0.15, 0.2) is 88.9 Å². The van der Waals surface area contributed by atoms with Gasteiger partial charge in [-0.15, -0.1) is 11.3 Å². The van der Waals surface area contributed by atoms with Crippen molar-refractivity contribution in [1.29, 1.82) is 0 Å². The minimum absolute atomic E-state index is 0.0109. The zero-order chi connectivity index (χ0) is 21.8. The van der Waals surface area contributed by atoms with Gasteiger partial charge in [0.2, 0.25) is 10.0 Å². The van der Waals surface area contributed by atoms with E-state index in [-0.39, 0.29) is 10.7 Å². The van der Waals surface area contributed by atoms with Gasteiger partial charge >= 0.3 is 0 Å². The highest BCUT2D eigenvalue weighted by atomic mass is 32.2. The van der Waals surface area contributed by atoms with Crippen LogP contribution in [0.2, 0.25) is 0 Å². The summed E-state index contributed by atoms with van der Waals surface area (Å²) >= 11 is 1.45. The third-order valence-electron chi connectivity index (χ3n) is 4.73. The number of nitrogens with two attached hydrogens (primary N) is 1. The molecule has 0 aliphatic heterocycles. The second-order valence-electron chi connectivity index (χ2n) is 6.90. The quantitative estimate of drug-likeness (QED) is 0.171. The van der Waals surface area contributed by atoms with E-state index in [2.05, 4.69) is 14.9 Å². The summed E-state index contributed by atoms with van der Waals surface area (Å²) in [5.41, 5.74) is 7.90. The van der Waals surface area contributed by atoms with E-state index in [1.807, 2.05) is 30.3 Å². The number of fused-ring (bicyclic) bond motifs is 1. The van der Waals surface area contributed by atoms with Gasteiger partial charge in [-0.05, 0) is 42.3 Å². The Kier molecular flexibility index (Phi) is 5.99. The smallest absolute Gasteiger partial charge is 0.241 e. The third kappa shape index (κ3) is 4.74. The van der Waals surface area contributed by atoms with Crippen LogP contribution in [-0.4, -0.2) is 24.4 Å². The monoisotopic (exact) mass is 452 g/mol. The van der Waals surface area contributed by atoms with Crippen LogP contribution in [0.25, 0.3) is 10.2 Å². The van der Waals surface area contributed by atoms with Gasteiger partial charge in [0.1, 0.15) is 5.01 Å². The number of oxime groups is 1. The van der Waals surface area contributed by atoms with Crippen molar-refractivity contribution in [3.05, 3.63) is 95.0 Å². The van der Waals surface area contributed by atoms with Crippen LogP contribution < -0.4 is 10.5 Å². The molecule has 0 aliphatic rings. The number of hydrogen-bond donors (Lipinski definition) is 3. The Morgan fingerprint density at radius 2 is 1.81 bits per heavy atom. The fraction of sp³-hybridized carbons (Fsp3) is 0.0909. The lowest BCUT2D eigenvalue weighted by molar-refractivity contribution is 0.318. The van der Waals surface area contributed by atoms with E-state index in [4.69, 9.17) is 10.9 Å². The van der Waals surface area contributed by atoms with Crippen molar-refractivity contribution in [3.63, 3.8) is 0 Å². The average Bonchev–Trinajstić information content (AvgIpc) is 3.23. The number of thiazole rings is 1. The predicted molar refractivity (Wildman–Crippen MR) is 122 cm³/mol. The first-order valence-electron chi connectivity index (χ1n) is 9.46. The Labute approximate surface area is 183 Å². The Morgan fingerprint density at radius 3 is 2.55 bits per heavy atom. The van der Waals surface area contributed by atoms with Gasteiger partial charge < -0.3 is 10.9 Å². The van der Waals surface area contributed by atoms with Gasteiger partial charge in [-0.25, -0.2) is 18.1 Å². The van der Waals surface area contributed by atoms with E-state index >= 15 is 0 Å². The van der Waals surface area contributed by atoms with Crippen molar-refractivity contribution in [2.45, 2.75) is 17.4 Å². The maximum absolute atomic E-state index is 13.0. The summed E-state index contributed by atoms with van der Waals surface area (Å²) in [5.74, 6) is -0.0109. The molecule has 4 N–H and O–H groups in total. The Morgan fingerprint density at radius 1 is 1.06 bits per heavy atom. The molecular formula is C22H20N4O3S2. The number of nitrogens with one attached hydrogen (secondary N) is 1. The lowest BCUT2D eigenvalue weighted by atomic mass is 10.0. The highest BCUT2D eigenvalue weighted by molar-refractivity contribution is 7.89. The van der Waals surface area contributed by atoms with E-state index in [0.717, 1.165) is 15.8 Å². The van der Waals surface area contributed by atoms with E-state index in [0.29, 0.717) is 17.0 Å². The number of hydrogen-bond acceptors (Lipinski definition) is 6. The van der Waals surface area contributed by atoms with Crippen LogP contribution in [-0.2, 0) is 16.4 Å². The van der Waals surface area contributed by atoms with Gasteiger partial charge in [0.25, 0.3) is 0 Å². The van der Waals surface area contributed by atoms with Gasteiger partial charge in [0, 0.05) is 5.56 Å². The molecule has 31 heavy (non-hydrogen) atoms. The molecule has 0 saturated carbocycles. The molecule has 0 spiro atoms. The number of sulfonamides is 1. The molecule has 9 heteroatoms. The van der Waals surface area contributed by atoms with Crippen molar-refractivity contribution in [3.8, 4) is 0 Å². The molecular weight excluding hydrogens is 432 g/mol. The van der Waals surface area contributed by atoms with Crippen molar-refractivity contribution in [1.82, 2.24) is 9.71 Å². The number of nitrogens with zero attached hydrogens (tertiary/aromatic N) is 2. The number of benzene rings is 3. The molecule has 3 aromatic carbocycles. The topological polar surface area (TPSA) is 118 Å². The fourth-order valence-corrected chi connectivity index (χ4v) is 5.54. The van der Waals surface area contributed by atoms with Gasteiger partial charge in [-0.1, -0.05) is 53.7 Å². The van der Waals surface area contributed by atoms with Gasteiger partial charge in [0.05, 0.1) is 21.2 Å². The first-order chi connectivity index (χ1) is 15.0. The summed E-state index contributed by atoms with van der Waals surface area (Å²) in [7, 11) is -3.77. The van der Waals surface area contributed by atoms with Gasteiger partial charge in [0.15, 0.2) is 5.84 Å². The maximum Gasteiger partial charge on any atom is 0.241 e. The molecule has 0 fully saturated rings. The highest BCUT2D eigenvalue weighted by Crippen LogP contribution is 2.29. The maximum atomic E-state index is 13.0. The fourth-order valence-electron chi connectivity index (χ4n) is 3.22. The summed E-state index contributed by atoms with van der Waals surface area (Å²) in [6.45, 7) is 0.